The molecule has 1 unspecified atom stereocenters. The maximum atomic E-state index is 14.5. The second kappa shape index (κ2) is 10.1. The van der Waals surface area contributed by atoms with Crippen molar-refractivity contribution in [3.8, 4) is 0 Å². The molecule has 8 nitrogen and oxygen atoms in total. The molecule has 1 heterocycles. The second-order valence-electron chi connectivity index (χ2n) is 12.9. The van der Waals surface area contributed by atoms with Gasteiger partial charge in [-0.1, -0.05) is 57.2 Å². The van der Waals surface area contributed by atoms with E-state index in [9.17, 15) is 19.2 Å². The number of hydrogen-bond acceptors (Lipinski definition) is 8. The van der Waals surface area contributed by atoms with Gasteiger partial charge in [-0.15, -0.1) is 0 Å². The first kappa shape index (κ1) is 28.5. The van der Waals surface area contributed by atoms with Crippen molar-refractivity contribution in [3.63, 3.8) is 0 Å². The van der Waals surface area contributed by atoms with Gasteiger partial charge in [0.25, 0.3) is 0 Å². The Morgan fingerprint density at radius 3 is 2.33 bits per heavy atom. The summed E-state index contributed by atoms with van der Waals surface area (Å²) in [7, 11) is 0. The van der Waals surface area contributed by atoms with Crippen molar-refractivity contribution in [2.75, 3.05) is 6.61 Å². The lowest BCUT2D eigenvalue weighted by Crippen LogP contribution is -2.58. The van der Waals surface area contributed by atoms with Crippen LogP contribution in [0, 0.1) is 29.1 Å². The standard InChI is InChI=1S/C32H40O8/c1-18-14-24-23(30(24,5)6)12-13-31(17-37-31)29(38-20(3)33)26-27(39-25(35)15-22-10-8-7-9-11-22)19(2)16-32(26,28(18)36)40-21(4)34/h7-11,14,19,23-24,26-27,29H,12-13,15-17H2,1-6H3/t19-,23-,24+,26+,27?,29+,31-,32+/m0/s1. The van der Waals surface area contributed by atoms with Crippen LogP contribution in [0.15, 0.2) is 42.0 Å². The molecule has 0 aromatic heterocycles. The fourth-order valence-electron chi connectivity index (χ4n) is 7.55. The molecule has 3 fully saturated rings. The summed E-state index contributed by atoms with van der Waals surface area (Å²) in [5.74, 6) is -2.72. The monoisotopic (exact) mass is 552 g/mol. The van der Waals surface area contributed by atoms with Gasteiger partial charge in [-0.25, -0.2) is 0 Å². The minimum absolute atomic E-state index is 0.0141. The van der Waals surface area contributed by atoms with Gasteiger partial charge in [0, 0.05) is 20.3 Å². The summed E-state index contributed by atoms with van der Waals surface area (Å²) < 4.78 is 24.2. The number of hydrogen-bond donors (Lipinski definition) is 0. The number of epoxide rings is 1. The third-order valence-corrected chi connectivity index (χ3v) is 9.71. The molecule has 0 amide bonds. The zero-order valence-corrected chi connectivity index (χ0v) is 24.2. The molecule has 40 heavy (non-hydrogen) atoms. The van der Waals surface area contributed by atoms with Crippen molar-refractivity contribution < 1.29 is 38.1 Å². The molecular formula is C32H40O8. The molecule has 0 bridgehead atoms. The van der Waals surface area contributed by atoms with Crippen molar-refractivity contribution in [1.29, 1.82) is 0 Å². The third kappa shape index (κ3) is 5.00. The van der Waals surface area contributed by atoms with Gasteiger partial charge in [-0.3, -0.25) is 19.2 Å². The van der Waals surface area contributed by atoms with Crippen LogP contribution in [0.1, 0.15) is 66.4 Å². The number of Topliss-reactive ketones (excluding diaryl/α,β-unsaturated/α-hetero) is 1. The van der Waals surface area contributed by atoms with Crippen LogP contribution in [0.3, 0.4) is 0 Å². The summed E-state index contributed by atoms with van der Waals surface area (Å²) in [4.78, 5) is 52.9. The minimum atomic E-state index is -1.68. The van der Waals surface area contributed by atoms with E-state index in [1.165, 1.54) is 13.8 Å². The maximum Gasteiger partial charge on any atom is 0.310 e. The number of carbonyl (C=O) groups excluding carboxylic acids is 4. The number of fused-ring (bicyclic) bond motifs is 2. The first-order valence-corrected chi connectivity index (χ1v) is 14.3. The molecule has 4 aliphatic rings. The van der Waals surface area contributed by atoms with Crippen LogP contribution < -0.4 is 0 Å². The van der Waals surface area contributed by atoms with Crippen LogP contribution in [0.5, 0.6) is 0 Å². The van der Waals surface area contributed by atoms with E-state index in [1.807, 2.05) is 43.3 Å². The Balaban J connectivity index is 1.61. The molecule has 3 aliphatic carbocycles. The predicted octanol–water partition coefficient (Wildman–Crippen LogP) is 4.38. The molecule has 0 N–H and O–H groups in total. The summed E-state index contributed by atoms with van der Waals surface area (Å²) in [6.07, 6.45) is 1.85. The van der Waals surface area contributed by atoms with E-state index in [-0.39, 0.29) is 35.9 Å². The highest BCUT2D eigenvalue weighted by molar-refractivity contribution is 6.03. The van der Waals surface area contributed by atoms with Crippen LogP contribution in [0.4, 0.5) is 0 Å². The zero-order chi connectivity index (χ0) is 29.0. The lowest BCUT2D eigenvalue weighted by molar-refractivity contribution is -0.190. The highest BCUT2D eigenvalue weighted by Gasteiger charge is 2.71. The summed E-state index contributed by atoms with van der Waals surface area (Å²) in [6, 6.07) is 9.25. The molecule has 1 aromatic carbocycles. The van der Waals surface area contributed by atoms with E-state index < -0.39 is 47.2 Å². The van der Waals surface area contributed by atoms with Crippen molar-refractivity contribution >= 4 is 23.7 Å². The summed E-state index contributed by atoms with van der Waals surface area (Å²) in [5, 5.41) is 0. The minimum Gasteiger partial charge on any atom is -0.461 e. The zero-order valence-electron chi connectivity index (χ0n) is 24.2. The van der Waals surface area contributed by atoms with E-state index in [4.69, 9.17) is 18.9 Å². The Morgan fingerprint density at radius 1 is 1.05 bits per heavy atom. The van der Waals surface area contributed by atoms with Crippen molar-refractivity contribution in [2.24, 2.45) is 29.1 Å². The van der Waals surface area contributed by atoms with E-state index in [0.717, 1.165) is 12.0 Å². The van der Waals surface area contributed by atoms with Crippen molar-refractivity contribution in [1.82, 2.24) is 0 Å². The van der Waals surface area contributed by atoms with Gasteiger partial charge >= 0.3 is 17.9 Å². The van der Waals surface area contributed by atoms with Crippen molar-refractivity contribution in [3.05, 3.63) is 47.5 Å². The molecule has 0 radical (unpaired) electrons. The molecule has 1 aromatic rings. The molecule has 1 spiro atoms. The quantitative estimate of drug-likeness (QED) is 0.301. The molecule has 2 saturated carbocycles. The lowest BCUT2D eigenvalue weighted by atomic mass is 9.74. The van der Waals surface area contributed by atoms with Crippen LogP contribution >= 0.6 is 0 Å². The SMILES string of the molecule is CC(=O)O[C@@H]1[C@H]2C(OC(=O)Cc3ccccc3)[C@@H](C)C[C@]2(OC(C)=O)C(=O)C(C)=C[C@@H]2[C@H](CC[C@]13CO3)C2(C)C. The van der Waals surface area contributed by atoms with E-state index in [1.54, 1.807) is 6.92 Å². The van der Waals surface area contributed by atoms with Gasteiger partial charge in [0.05, 0.1) is 18.9 Å². The number of allylic oxidation sites excluding steroid dienone is 1. The fraction of sp³-hybridized carbons (Fsp3) is 0.625. The van der Waals surface area contributed by atoms with E-state index >= 15 is 0 Å². The number of ether oxygens (including phenoxy) is 4. The molecule has 8 atom stereocenters. The van der Waals surface area contributed by atoms with E-state index in [0.29, 0.717) is 24.5 Å². The maximum absolute atomic E-state index is 14.5. The summed E-state index contributed by atoms with van der Waals surface area (Å²) in [6.45, 7) is 11.0. The number of carbonyl (C=O) groups is 4. The number of esters is 3. The Morgan fingerprint density at radius 2 is 1.73 bits per heavy atom. The van der Waals surface area contributed by atoms with Gasteiger partial charge < -0.3 is 18.9 Å². The van der Waals surface area contributed by atoms with Crippen LogP contribution in [0.2, 0.25) is 0 Å². The largest absolute Gasteiger partial charge is 0.461 e. The molecular weight excluding hydrogens is 512 g/mol. The number of rotatable bonds is 5. The first-order valence-electron chi connectivity index (χ1n) is 14.3. The molecule has 1 aliphatic heterocycles. The number of ketones is 1. The van der Waals surface area contributed by atoms with Gasteiger partial charge in [-0.05, 0) is 54.1 Å². The topological polar surface area (TPSA) is 108 Å². The normalized spacial score (nSPS) is 37.8. The Hall–Kier alpha value is -3.00. The first-order chi connectivity index (χ1) is 18.8. The second-order valence-corrected chi connectivity index (χ2v) is 12.9. The highest BCUT2D eigenvalue weighted by Crippen LogP contribution is 2.64. The summed E-state index contributed by atoms with van der Waals surface area (Å²) in [5.41, 5.74) is -1.22. The van der Waals surface area contributed by atoms with E-state index in [2.05, 4.69) is 13.8 Å². The lowest BCUT2D eigenvalue weighted by Gasteiger charge is -2.41. The molecule has 8 heteroatoms. The van der Waals surface area contributed by atoms with Gasteiger partial charge in [0.2, 0.25) is 5.78 Å². The molecule has 1 saturated heterocycles. The van der Waals surface area contributed by atoms with Gasteiger partial charge in [-0.2, -0.15) is 0 Å². The number of benzene rings is 1. The summed E-state index contributed by atoms with van der Waals surface area (Å²) >= 11 is 0. The van der Waals surface area contributed by atoms with Crippen LogP contribution in [-0.2, 0) is 44.5 Å². The van der Waals surface area contributed by atoms with Gasteiger partial charge in [0.15, 0.2) is 5.60 Å². The third-order valence-electron chi connectivity index (χ3n) is 9.71. The van der Waals surface area contributed by atoms with Crippen LogP contribution in [-0.4, -0.2) is 53.7 Å². The smallest absolute Gasteiger partial charge is 0.310 e. The highest BCUT2D eigenvalue weighted by atomic mass is 16.6. The Bertz CT molecular complexity index is 1230. The Labute approximate surface area is 235 Å². The average Bonchev–Trinajstić information content (AvgIpc) is 3.73. The molecule has 216 valence electrons. The van der Waals surface area contributed by atoms with Crippen LogP contribution in [0.25, 0.3) is 0 Å². The molecule has 5 rings (SSSR count). The van der Waals surface area contributed by atoms with Gasteiger partial charge in [0.1, 0.15) is 17.8 Å². The van der Waals surface area contributed by atoms with Crippen molar-refractivity contribution in [2.45, 2.75) is 90.6 Å². The predicted molar refractivity (Wildman–Crippen MR) is 145 cm³/mol. The average molecular weight is 553 g/mol. The fourth-order valence-corrected chi connectivity index (χ4v) is 7.55. The Kier molecular flexibility index (Phi) is 7.22.